The lowest BCUT2D eigenvalue weighted by Gasteiger charge is -2.15. The zero-order valence-corrected chi connectivity index (χ0v) is 10.7. The van der Waals surface area contributed by atoms with Crippen LogP contribution in [-0.2, 0) is 6.42 Å². The fourth-order valence-electron chi connectivity index (χ4n) is 2.09. The molecule has 0 bridgehead atoms. The van der Waals surface area contributed by atoms with Crippen LogP contribution in [0.1, 0.15) is 28.4 Å². The lowest BCUT2D eigenvalue weighted by molar-refractivity contribution is 0.177. The molecule has 94 valence electrons. The number of hydrogen-bond acceptors (Lipinski definition) is 3. The van der Waals surface area contributed by atoms with Gasteiger partial charge in [0, 0.05) is 12.6 Å². The number of nitrogens with two attached hydrogens (primary N) is 1. The Kier molecular flexibility index (Phi) is 3.63. The zero-order valence-electron chi connectivity index (χ0n) is 10.7. The Labute approximate surface area is 107 Å². The van der Waals surface area contributed by atoms with Crippen LogP contribution in [0.5, 0.6) is 0 Å². The number of anilines is 1. The van der Waals surface area contributed by atoms with Crippen LogP contribution in [0.3, 0.4) is 0 Å². The minimum Gasteiger partial charge on any atom is -0.388 e. The van der Waals surface area contributed by atoms with Gasteiger partial charge in [-0.3, -0.25) is 0 Å². The summed E-state index contributed by atoms with van der Waals surface area (Å²) in [4.78, 5) is 3.95. The van der Waals surface area contributed by atoms with E-state index in [9.17, 15) is 5.11 Å². The van der Waals surface area contributed by atoms with Crippen molar-refractivity contribution in [2.75, 3.05) is 5.73 Å². The number of hydrogen-bond donors (Lipinski definition) is 2. The molecule has 2 aromatic rings. The number of aryl methyl sites for hydroxylation is 1. The Morgan fingerprint density at radius 3 is 2.78 bits per heavy atom. The highest BCUT2D eigenvalue weighted by Gasteiger charge is 2.12. The number of benzene rings is 1. The minimum absolute atomic E-state index is 0.487. The zero-order chi connectivity index (χ0) is 13.1. The first kappa shape index (κ1) is 12.6. The fourth-order valence-corrected chi connectivity index (χ4v) is 2.09. The van der Waals surface area contributed by atoms with Gasteiger partial charge in [-0.15, -0.1) is 0 Å². The summed E-state index contributed by atoms with van der Waals surface area (Å²) in [6.45, 7) is 4.09. The third kappa shape index (κ3) is 2.68. The van der Waals surface area contributed by atoms with Crippen molar-refractivity contribution in [1.82, 2.24) is 4.98 Å². The Hall–Kier alpha value is -1.87. The third-order valence-electron chi connectivity index (χ3n) is 3.28. The fraction of sp³-hybridized carbons (Fsp3) is 0.267. The molecule has 0 fully saturated rings. The summed E-state index contributed by atoms with van der Waals surface area (Å²) in [5.74, 6) is 0.487. The van der Waals surface area contributed by atoms with Gasteiger partial charge in [0.25, 0.3) is 0 Å². The molecule has 0 spiro atoms. The van der Waals surface area contributed by atoms with Crippen LogP contribution in [0.15, 0.2) is 36.5 Å². The van der Waals surface area contributed by atoms with Crippen molar-refractivity contribution in [2.24, 2.45) is 0 Å². The molecule has 0 amide bonds. The van der Waals surface area contributed by atoms with Gasteiger partial charge in [-0.2, -0.15) is 0 Å². The summed E-state index contributed by atoms with van der Waals surface area (Å²) in [5.41, 5.74) is 9.95. The van der Waals surface area contributed by atoms with Gasteiger partial charge >= 0.3 is 0 Å². The molecule has 1 heterocycles. The largest absolute Gasteiger partial charge is 0.388 e. The first-order valence-corrected chi connectivity index (χ1v) is 6.02. The maximum atomic E-state index is 10.3. The van der Waals surface area contributed by atoms with Crippen LogP contribution in [0.2, 0.25) is 0 Å². The number of nitrogen functional groups attached to an aromatic ring is 1. The lowest BCUT2D eigenvalue weighted by Crippen LogP contribution is -2.05. The van der Waals surface area contributed by atoms with E-state index in [1.807, 2.05) is 25.1 Å². The summed E-state index contributed by atoms with van der Waals surface area (Å²) >= 11 is 0. The normalized spacial score (nSPS) is 12.4. The van der Waals surface area contributed by atoms with E-state index >= 15 is 0 Å². The second kappa shape index (κ2) is 5.19. The first-order valence-electron chi connectivity index (χ1n) is 6.02. The summed E-state index contributed by atoms with van der Waals surface area (Å²) in [7, 11) is 0. The van der Waals surface area contributed by atoms with Crippen LogP contribution < -0.4 is 5.73 Å². The smallest absolute Gasteiger partial charge is 0.123 e. The Balaban J connectivity index is 2.22. The molecule has 2 rings (SSSR count). The van der Waals surface area contributed by atoms with Crippen molar-refractivity contribution in [2.45, 2.75) is 26.4 Å². The Morgan fingerprint density at radius 2 is 2.06 bits per heavy atom. The van der Waals surface area contributed by atoms with E-state index < -0.39 is 6.10 Å². The highest BCUT2D eigenvalue weighted by molar-refractivity contribution is 5.37. The number of aliphatic hydroxyl groups is 1. The summed E-state index contributed by atoms with van der Waals surface area (Å²) < 4.78 is 0. The van der Waals surface area contributed by atoms with Gasteiger partial charge in [-0.05, 0) is 48.2 Å². The van der Waals surface area contributed by atoms with Gasteiger partial charge in [0.05, 0.1) is 6.10 Å². The molecule has 1 aromatic carbocycles. The topological polar surface area (TPSA) is 59.1 Å². The average molecular weight is 242 g/mol. The maximum Gasteiger partial charge on any atom is 0.123 e. The highest BCUT2D eigenvalue weighted by Crippen LogP contribution is 2.23. The van der Waals surface area contributed by atoms with E-state index in [2.05, 4.69) is 18.0 Å². The van der Waals surface area contributed by atoms with Crippen LogP contribution in [0.4, 0.5) is 5.82 Å². The van der Waals surface area contributed by atoms with Gasteiger partial charge in [0.15, 0.2) is 0 Å². The molecule has 0 aliphatic carbocycles. The molecule has 18 heavy (non-hydrogen) atoms. The average Bonchev–Trinajstić information content (AvgIpc) is 2.32. The van der Waals surface area contributed by atoms with Gasteiger partial charge in [0.1, 0.15) is 5.82 Å². The standard InChI is InChI=1S/C15H18N2O/c1-10-4-3-5-13(11(10)2)14(18)8-12-6-7-17-15(16)9-12/h3-7,9,14,18H,8H2,1-2H3,(H2,16,17). The first-order chi connectivity index (χ1) is 8.58. The highest BCUT2D eigenvalue weighted by atomic mass is 16.3. The minimum atomic E-state index is -0.508. The summed E-state index contributed by atoms with van der Waals surface area (Å²) in [6, 6.07) is 9.67. The quantitative estimate of drug-likeness (QED) is 0.869. The van der Waals surface area contributed by atoms with Crippen molar-refractivity contribution in [1.29, 1.82) is 0 Å². The third-order valence-corrected chi connectivity index (χ3v) is 3.28. The van der Waals surface area contributed by atoms with Crippen molar-refractivity contribution >= 4 is 5.82 Å². The van der Waals surface area contributed by atoms with Crippen LogP contribution in [-0.4, -0.2) is 10.1 Å². The second-order valence-corrected chi connectivity index (χ2v) is 4.60. The van der Waals surface area contributed by atoms with Gasteiger partial charge in [-0.25, -0.2) is 4.98 Å². The molecular formula is C15H18N2O. The molecule has 3 nitrogen and oxygen atoms in total. The van der Waals surface area contributed by atoms with E-state index in [0.29, 0.717) is 12.2 Å². The molecule has 1 aromatic heterocycles. The molecular weight excluding hydrogens is 224 g/mol. The number of rotatable bonds is 3. The number of pyridine rings is 1. The Bertz CT molecular complexity index is 552. The molecule has 0 aliphatic heterocycles. The van der Waals surface area contributed by atoms with Crippen molar-refractivity contribution < 1.29 is 5.11 Å². The van der Waals surface area contributed by atoms with Crippen LogP contribution >= 0.6 is 0 Å². The van der Waals surface area contributed by atoms with Gasteiger partial charge in [-0.1, -0.05) is 18.2 Å². The molecule has 0 saturated carbocycles. The maximum absolute atomic E-state index is 10.3. The number of aromatic nitrogens is 1. The summed E-state index contributed by atoms with van der Waals surface area (Å²) in [6.07, 6.45) is 1.71. The van der Waals surface area contributed by atoms with Crippen molar-refractivity contribution in [3.05, 3.63) is 58.8 Å². The van der Waals surface area contributed by atoms with E-state index in [-0.39, 0.29) is 0 Å². The van der Waals surface area contributed by atoms with Crippen LogP contribution in [0.25, 0.3) is 0 Å². The number of aliphatic hydroxyl groups excluding tert-OH is 1. The second-order valence-electron chi connectivity index (χ2n) is 4.60. The predicted octanol–water partition coefficient (Wildman–Crippen LogP) is 2.56. The lowest BCUT2D eigenvalue weighted by atomic mass is 9.95. The van der Waals surface area contributed by atoms with E-state index in [0.717, 1.165) is 16.7 Å². The molecule has 0 aliphatic rings. The van der Waals surface area contributed by atoms with Gasteiger partial charge in [0.2, 0.25) is 0 Å². The Morgan fingerprint density at radius 1 is 1.28 bits per heavy atom. The van der Waals surface area contributed by atoms with E-state index in [1.54, 1.807) is 12.3 Å². The molecule has 3 N–H and O–H groups in total. The monoisotopic (exact) mass is 242 g/mol. The van der Waals surface area contributed by atoms with E-state index in [1.165, 1.54) is 5.56 Å². The SMILES string of the molecule is Cc1cccc(C(O)Cc2ccnc(N)c2)c1C. The predicted molar refractivity (Wildman–Crippen MR) is 73.2 cm³/mol. The molecule has 3 heteroatoms. The van der Waals surface area contributed by atoms with Crippen molar-refractivity contribution in [3.63, 3.8) is 0 Å². The summed E-state index contributed by atoms with van der Waals surface area (Å²) in [5, 5.41) is 10.3. The van der Waals surface area contributed by atoms with Gasteiger partial charge < -0.3 is 10.8 Å². The molecule has 1 unspecified atom stereocenters. The molecule has 0 radical (unpaired) electrons. The molecule has 0 saturated heterocycles. The van der Waals surface area contributed by atoms with Crippen LogP contribution in [0, 0.1) is 13.8 Å². The molecule has 1 atom stereocenters. The van der Waals surface area contributed by atoms with Crippen molar-refractivity contribution in [3.8, 4) is 0 Å². The number of nitrogens with zero attached hydrogens (tertiary/aromatic N) is 1. The van der Waals surface area contributed by atoms with E-state index in [4.69, 9.17) is 5.73 Å².